The molecule has 0 aromatic rings. The average molecular weight is 186 g/mol. The second kappa shape index (κ2) is 3.64. The van der Waals surface area contributed by atoms with Crippen LogP contribution in [0.2, 0.25) is 0 Å². The van der Waals surface area contributed by atoms with Crippen molar-refractivity contribution in [3.63, 3.8) is 0 Å². The summed E-state index contributed by atoms with van der Waals surface area (Å²) in [5.74, 6) is -0.743. The lowest BCUT2D eigenvalue weighted by Gasteiger charge is -2.25. The van der Waals surface area contributed by atoms with E-state index in [1.54, 1.807) is 13.8 Å². The van der Waals surface area contributed by atoms with Crippen molar-refractivity contribution in [3.05, 3.63) is 0 Å². The monoisotopic (exact) mass is 186 g/mol. The molecule has 1 aliphatic heterocycles. The van der Waals surface area contributed by atoms with Gasteiger partial charge >= 0.3 is 5.97 Å². The number of hydrogen-bond acceptors (Lipinski definition) is 3. The predicted octanol–water partition coefficient (Wildman–Crippen LogP) is 0.130. The number of nitrogens with zero attached hydrogens (tertiary/aromatic N) is 1. The molecule has 3 N–H and O–H groups in total. The van der Waals surface area contributed by atoms with Crippen LogP contribution in [-0.2, 0) is 4.79 Å². The normalized spacial score (nSPS) is 25.0. The lowest BCUT2D eigenvalue weighted by Crippen LogP contribution is -2.39. The predicted molar refractivity (Wildman–Crippen MR) is 50.4 cm³/mol. The Morgan fingerprint density at radius 1 is 1.69 bits per heavy atom. The van der Waals surface area contributed by atoms with Crippen LogP contribution in [0, 0.1) is 5.41 Å². The quantitative estimate of drug-likeness (QED) is 0.657. The minimum atomic E-state index is -0.743. The van der Waals surface area contributed by atoms with Crippen LogP contribution in [0.3, 0.4) is 0 Å². The second-order valence-corrected chi connectivity index (χ2v) is 4.47. The third kappa shape index (κ3) is 2.67. The molecule has 4 nitrogen and oxygen atoms in total. The van der Waals surface area contributed by atoms with E-state index in [4.69, 9.17) is 10.8 Å². The molecule has 76 valence electrons. The lowest BCUT2D eigenvalue weighted by atomic mass is 9.93. The van der Waals surface area contributed by atoms with Gasteiger partial charge in [-0.2, -0.15) is 0 Å². The first-order valence-electron chi connectivity index (χ1n) is 4.63. The second-order valence-electron chi connectivity index (χ2n) is 4.47. The Morgan fingerprint density at radius 2 is 2.31 bits per heavy atom. The third-order valence-corrected chi connectivity index (χ3v) is 2.51. The van der Waals surface area contributed by atoms with Crippen molar-refractivity contribution in [3.8, 4) is 0 Å². The summed E-state index contributed by atoms with van der Waals surface area (Å²) in [7, 11) is 0. The van der Waals surface area contributed by atoms with Crippen molar-refractivity contribution in [1.29, 1.82) is 0 Å². The Hall–Kier alpha value is -0.610. The zero-order chi connectivity index (χ0) is 10.1. The molecule has 0 unspecified atom stereocenters. The van der Waals surface area contributed by atoms with E-state index in [0.29, 0.717) is 6.54 Å². The van der Waals surface area contributed by atoms with Crippen LogP contribution in [0.1, 0.15) is 20.3 Å². The maximum Gasteiger partial charge on any atom is 0.310 e. The van der Waals surface area contributed by atoms with Crippen LogP contribution in [-0.4, -0.2) is 41.7 Å². The molecule has 0 amide bonds. The minimum absolute atomic E-state index is 0.226. The standard InChI is InChI=1S/C9H18N2O2/c1-9(2,8(12)13)6-11-4-3-7(10)5-11/h7H,3-6,10H2,1-2H3,(H,12,13)/t7-/m0/s1. The number of rotatable bonds is 3. The summed E-state index contributed by atoms with van der Waals surface area (Å²) in [4.78, 5) is 13.0. The van der Waals surface area contributed by atoms with Crippen molar-refractivity contribution < 1.29 is 9.90 Å². The summed E-state index contributed by atoms with van der Waals surface area (Å²) in [6, 6.07) is 0.226. The largest absolute Gasteiger partial charge is 0.481 e. The first-order valence-corrected chi connectivity index (χ1v) is 4.63. The molecular formula is C9H18N2O2. The van der Waals surface area contributed by atoms with Gasteiger partial charge in [0.1, 0.15) is 0 Å². The lowest BCUT2D eigenvalue weighted by molar-refractivity contribution is -0.147. The number of nitrogens with two attached hydrogens (primary N) is 1. The van der Waals surface area contributed by atoms with Gasteiger partial charge in [-0.25, -0.2) is 0 Å². The smallest absolute Gasteiger partial charge is 0.310 e. The first kappa shape index (κ1) is 10.5. The number of carboxylic acid groups (broad SMARTS) is 1. The molecule has 0 spiro atoms. The van der Waals surface area contributed by atoms with E-state index < -0.39 is 11.4 Å². The van der Waals surface area contributed by atoms with E-state index in [1.165, 1.54) is 0 Å². The molecule has 1 fully saturated rings. The van der Waals surface area contributed by atoms with Crippen LogP contribution >= 0.6 is 0 Å². The Labute approximate surface area is 78.7 Å². The highest BCUT2D eigenvalue weighted by Crippen LogP contribution is 2.19. The maximum atomic E-state index is 10.8. The molecule has 1 saturated heterocycles. The zero-order valence-electron chi connectivity index (χ0n) is 8.29. The molecule has 1 heterocycles. The number of likely N-dealkylation sites (tertiary alicyclic amines) is 1. The van der Waals surface area contributed by atoms with Gasteiger partial charge in [0.2, 0.25) is 0 Å². The van der Waals surface area contributed by atoms with Crippen molar-refractivity contribution in [2.24, 2.45) is 11.1 Å². The number of carboxylic acids is 1. The van der Waals surface area contributed by atoms with Gasteiger partial charge in [-0.05, 0) is 26.8 Å². The van der Waals surface area contributed by atoms with E-state index in [9.17, 15) is 4.79 Å². The number of carbonyl (C=O) groups is 1. The van der Waals surface area contributed by atoms with Gasteiger partial charge in [-0.1, -0.05) is 0 Å². The van der Waals surface area contributed by atoms with Crippen LogP contribution in [0.4, 0.5) is 0 Å². The van der Waals surface area contributed by atoms with Crippen molar-refractivity contribution in [2.45, 2.75) is 26.3 Å². The molecule has 0 aliphatic carbocycles. The molecule has 0 aromatic heterocycles. The van der Waals surface area contributed by atoms with Crippen molar-refractivity contribution >= 4 is 5.97 Å². The summed E-state index contributed by atoms with van der Waals surface area (Å²) < 4.78 is 0. The molecule has 0 bridgehead atoms. The van der Waals surface area contributed by atoms with Gasteiger partial charge in [0.15, 0.2) is 0 Å². The summed E-state index contributed by atoms with van der Waals surface area (Å²) in [5, 5.41) is 8.91. The van der Waals surface area contributed by atoms with E-state index in [0.717, 1.165) is 19.5 Å². The number of aliphatic carboxylic acids is 1. The molecule has 1 atom stereocenters. The van der Waals surface area contributed by atoms with Gasteiger partial charge in [0.25, 0.3) is 0 Å². The molecule has 1 aliphatic rings. The van der Waals surface area contributed by atoms with E-state index in [-0.39, 0.29) is 6.04 Å². The summed E-state index contributed by atoms with van der Waals surface area (Å²) in [5.41, 5.74) is 5.07. The van der Waals surface area contributed by atoms with Crippen LogP contribution in [0.25, 0.3) is 0 Å². The topological polar surface area (TPSA) is 66.6 Å². The zero-order valence-corrected chi connectivity index (χ0v) is 8.29. The summed E-state index contributed by atoms with van der Waals surface area (Å²) in [6.45, 7) is 5.85. The molecule has 1 rings (SSSR count). The molecule has 4 heteroatoms. The van der Waals surface area contributed by atoms with E-state index in [1.807, 2.05) is 0 Å². The van der Waals surface area contributed by atoms with Gasteiger partial charge in [0, 0.05) is 19.1 Å². The van der Waals surface area contributed by atoms with E-state index in [2.05, 4.69) is 4.90 Å². The Morgan fingerprint density at radius 3 is 2.69 bits per heavy atom. The fourth-order valence-electron chi connectivity index (χ4n) is 1.63. The fourth-order valence-corrected chi connectivity index (χ4v) is 1.63. The van der Waals surface area contributed by atoms with Gasteiger partial charge in [-0.15, -0.1) is 0 Å². The van der Waals surface area contributed by atoms with Gasteiger partial charge in [0.05, 0.1) is 5.41 Å². The highest BCUT2D eigenvalue weighted by atomic mass is 16.4. The number of hydrogen-bond donors (Lipinski definition) is 2. The van der Waals surface area contributed by atoms with E-state index >= 15 is 0 Å². The third-order valence-electron chi connectivity index (χ3n) is 2.51. The average Bonchev–Trinajstić information content (AvgIpc) is 2.34. The van der Waals surface area contributed by atoms with Crippen LogP contribution < -0.4 is 5.73 Å². The SMILES string of the molecule is CC(C)(CN1CC[C@H](N)C1)C(=O)O. The van der Waals surface area contributed by atoms with Gasteiger partial charge < -0.3 is 15.7 Å². The molecule has 13 heavy (non-hydrogen) atoms. The Bertz CT molecular complexity index is 204. The Kier molecular flexibility index (Phi) is 2.93. The fraction of sp³-hybridized carbons (Fsp3) is 0.889. The summed E-state index contributed by atoms with van der Waals surface area (Å²) in [6.07, 6.45) is 0.982. The molecule has 0 radical (unpaired) electrons. The minimum Gasteiger partial charge on any atom is -0.481 e. The molecular weight excluding hydrogens is 168 g/mol. The van der Waals surface area contributed by atoms with Crippen LogP contribution in [0.5, 0.6) is 0 Å². The highest BCUT2D eigenvalue weighted by molar-refractivity contribution is 5.73. The van der Waals surface area contributed by atoms with Crippen molar-refractivity contribution in [1.82, 2.24) is 4.90 Å². The van der Waals surface area contributed by atoms with Crippen LogP contribution in [0.15, 0.2) is 0 Å². The first-order chi connectivity index (χ1) is 5.92. The van der Waals surface area contributed by atoms with Crippen molar-refractivity contribution in [2.75, 3.05) is 19.6 Å². The maximum absolute atomic E-state index is 10.8. The highest BCUT2D eigenvalue weighted by Gasteiger charge is 2.32. The molecule has 0 aromatic carbocycles. The van der Waals surface area contributed by atoms with Gasteiger partial charge in [-0.3, -0.25) is 4.79 Å². The molecule has 0 saturated carbocycles. The summed E-state index contributed by atoms with van der Waals surface area (Å²) >= 11 is 0. The Balaban J connectivity index is 2.44.